The van der Waals surface area contributed by atoms with Crippen molar-refractivity contribution in [2.45, 2.75) is 12.5 Å². The molecule has 6 nitrogen and oxygen atoms in total. The molecule has 1 aromatic carbocycles. The highest BCUT2D eigenvalue weighted by Crippen LogP contribution is 2.15. The fraction of sp³-hybridized carbons (Fsp3) is 0.533. The number of rotatable bonds is 6. The molecule has 2 rings (SSSR count). The van der Waals surface area contributed by atoms with E-state index in [2.05, 4.69) is 29.3 Å². The molecule has 1 saturated heterocycles. The van der Waals surface area contributed by atoms with Crippen molar-refractivity contribution >= 4 is 5.91 Å². The highest BCUT2D eigenvalue weighted by Gasteiger charge is 2.23. The Hall–Kier alpha value is -1.63. The lowest BCUT2D eigenvalue weighted by Crippen LogP contribution is -2.33. The van der Waals surface area contributed by atoms with Gasteiger partial charge in [0.2, 0.25) is 0 Å². The lowest BCUT2D eigenvalue weighted by Gasteiger charge is -2.20. The van der Waals surface area contributed by atoms with E-state index in [1.165, 1.54) is 6.42 Å². The minimum atomic E-state index is -0.311. The lowest BCUT2D eigenvalue weighted by atomic mass is 10.2. The fourth-order valence-electron chi connectivity index (χ4n) is 2.54. The Bertz CT molecular complexity index is 478. The Morgan fingerprint density at radius 3 is 3.00 bits per heavy atom. The number of likely N-dealkylation sites (tertiary alicyclic amines) is 1. The van der Waals surface area contributed by atoms with E-state index in [4.69, 9.17) is 10.6 Å². The van der Waals surface area contributed by atoms with Gasteiger partial charge in [0.05, 0.1) is 0 Å². The van der Waals surface area contributed by atoms with E-state index in [-0.39, 0.29) is 5.91 Å². The topological polar surface area (TPSA) is 70.8 Å². The maximum Gasteiger partial charge on any atom is 0.265 e. The number of benzene rings is 1. The third-order valence-corrected chi connectivity index (χ3v) is 3.88. The van der Waals surface area contributed by atoms with Gasteiger partial charge in [-0.3, -0.25) is 15.1 Å². The first-order valence-electron chi connectivity index (χ1n) is 7.22. The molecule has 1 atom stereocenters. The van der Waals surface area contributed by atoms with Gasteiger partial charge >= 0.3 is 0 Å². The van der Waals surface area contributed by atoms with Crippen LogP contribution in [0.5, 0.6) is 5.75 Å². The first-order valence-corrected chi connectivity index (χ1v) is 7.22. The summed E-state index contributed by atoms with van der Waals surface area (Å²) >= 11 is 0. The average molecular weight is 292 g/mol. The summed E-state index contributed by atoms with van der Waals surface area (Å²) in [6, 6.07) is 7.69. The Morgan fingerprint density at radius 2 is 2.33 bits per heavy atom. The number of hydrogen-bond acceptors (Lipinski definition) is 5. The lowest BCUT2D eigenvalue weighted by molar-refractivity contribution is 0.0953. The van der Waals surface area contributed by atoms with Crippen LogP contribution in [0.15, 0.2) is 24.3 Å². The van der Waals surface area contributed by atoms with Crippen molar-refractivity contribution in [2.75, 3.05) is 40.3 Å². The molecule has 0 radical (unpaired) electrons. The molecule has 21 heavy (non-hydrogen) atoms. The van der Waals surface area contributed by atoms with Crippen LogP contribution in [0.4, 0.5) is 0 Å². The van der Waals surface area contributed by atoms with Crippen LogP contribution in [-0.2, 0) is 0 Å². The monoisotopic (exact) mass is 292 g/mol. The second-order valence-electron chi connectivity index (χ2n) is 5.56. The molecular formula is C15H24N4O2. The zero-order chi connectivity index (χ0) is 15.2. The summed E-state index contributed by atoms with van der Waals surface area (Å²) in [6.45, 7) is 3.72. The molecule has 0 bridgehead atoms. The van der Waals surface area contributed by atoms with E-state index in [0.717, 1.165) is 19.6 Å². The van der Waals surface area contributed by atoms with Crippen molar-refractivity contribution in [1.82, 2.24) is 15.2 Å². The van der Waals surface area contributed by atoms with Gasteiger partial charge in [-0.1, -0.05) is 6.07 Å². The van der Waals surface area contributed by atoms with E-state index in [1.54, 1.807) is 18.2 Å². The van der Waals surface area contributed by atoms with Crippen LogP contribution in [0.1, 0.15) is 16.8 Å². The number of nitrogen functional groups attached to an aromatic ring is 1. The summed E-state index contributed by atoms with van der Waals surface area (Å²) in [7, 11) is 4.25. The minimum absolute atomic E-state index is 0.311. The zero-order valence-corrected chi connectivity index (χ0v) is 12.7. The zero-order valence-electron chi connectivity index (χ0n) is 12.7. The van der Waals surface area contributed by atoms with Gasteiger partial charge in [-0.25, -0.2) is 5.84 Å². The fourth-order valence-corrected chi connectivity index (χ4v) is 2.54. The van der Waals surface area contributed by atoms with Crippen LogP contribution >= 0.6 is 0 Å². The molecular weight excluding hydrogens is 268 g/mol. The van der Waals surface area contributed by atoms with Crippen molar-refractivity contribution in [3.8, 4) is 5.75 Å². The molecule has 0 saturated carbocycles. The molecule has 1 aliphatic rings. The summed E-state index contributed by atoms with van der Waals surface area (Å²) in [5, 5.41) is 0. The first kappa shape index (κ1) is 15.8. The molecule has 0 aliphatic carbocycles. The van der Waals surface area contributed by atoms with Gasteiger partial charge in [0, 0.05) is 24.7 Å². The number of nitrogens with two attached hydrogens (primary N) is 1. The van der Waals surface area contributed by atoms with Crippen molar-refractivity contribution < 1.29 is 9.53 Å². The molecule has 1 unspecified atom stereocenters. The Balaban J connectivity index is 1.78. The summed E-state index contributed by atoms with van der Waals surface area (Å²) < 4.78 is 5.72. The number of nitrogens with zero attached hydrogens (tertiary/aromatic N) is 2. The van der Waals surface area contributed by atoms with Crippen LogP contribution in [0, 0.1) is 0 Å². The number of amides is 1. The molecule has 1 amide bonds. The number of carbonyl (C=O) groups is 1. The van der Waals surface area contributed by atoms with E-state index >= 15 is 0 Å². The Labute approximate surface area is 125 Å². The number of likely N-dealkylation sites (N-methyl/N-ethyl adjacent to an activating group) is 1. The van der Waals surface area contributed by atoms with Crippen LogP contribution in [0.2, 0.25) is 0 Å². The van der Waals surface area contributed by atoms with Crippen LogP contribution < -0.4 is 16.0 Å². The number of hydrazine groups is 1. The number of carbonyl (C=O) groups excluding carboxylic acids is 1. The molecule has 1 fully saturated rings. The Morgan fingerprint density at radius 1 is 1.52 bits per heavy atom. The van der Waals surface area contributed by atoms with Crippen molar-refractivity contribution in [3.63, 3.8) is 0 Å². The number of ether oxygens (including phenoxy) is 1. The predicted octanol–water partition coefficient (Wildman–Crippen LogP) is 0.305. The van der Waals surface area contributed by atoms with Crippen molar-refractivity contribution in [2.24, 2.45) is 5.84 Å². The van der Waals surface area contributed by atoms with Crippen LogP contribution in [0.3, 0.4) is 0 Å². The average Bonchev–Trinajstić information content (AvgIpc) is 2.96. The molecule has 1 aromatic rings. The second kappa shape index (κ2) is 7.40. The van der Waals surface area contributed by atoms with Crippen LogP contribution in [-0.4, -0.2) is 62.1 Å². The molecule has 1 heterocycles. The number of hydrogen-bond donors (Lipinski definition) is 2. The van der Waals surface area contributed by atoms with Crippen molar-refractivity contribution in [1.29, 1.82) is 0 Å². The second-order valence-corrected chi connectivity index (χ2v) is 5.56. The minimum Gasteiger partial charge on any atom is -0.492 e. The quantitative estimate of drug-likeness (QED) is 0.448. The van der Waals surface area contributed by atoms with Gasteiger partial charge in [-0.2, -0.15) is 0 Å². The van der Waals surface area contributed by atoms with E-state index < -0.39 is 0 Å². The van der Waals surface area contributed by atoms with Gasteiger partial charge in [-0.15, -0.1) is 0 Å². The predicted molar refractivity (Wildman–Crippen MR) is 82.1 cm³/mol. The summed E-state index contributed by atoms with van der Waals surface area (Å²) in [6.07, 6.45) is 1.21. The van der Waals surface area contributed by atoms with Gasteiger partial charge in [0.15, 0.2) is 0 Å². The largest absolute Gasteiger partial charge is 0.492 e. The SMILES string of the molecule is CN(C)C1CCN(CCOc2cccc(C(=O)NN)c2)C1. The first-order chi connectivity index (χ1) is 10.1. The van der Waals surface area contributed by atoms with E-state index in [1.807, 2.05) is 6.07 Å². The number of nitrogens with one attached hydrogen (secondary N) is 1. The third-order valence-electron chi connectivity index (χ3n) is 3.88. The smallest absolute Gasteiger partial charge is 0.265 e. The highest BCUT2D eigenvalue weighted by molar-refractivity contribution is 5.94. The molecule has 0 spiro atoms. The van der Waals surface area contributed by atoms with Gasteiger partial charge in [0.25, 0.3) is 5.91 Å². The van der Waals surface area contributed by atoms with Gasteiger partial charge in [-0.05, 0) is 45.3 Å². The summed E-state index contributed by atoms with van der Waals surface area (Å²) in [4.78, 5) is 16.1. The van der Waals surface area contributed by atoms with E-state index in [0.29, 0.717) is 24.0 Å². The van der Waals surface area contributed by atoms with Crippen molar-refractivity contribution in [3.05, 3.63) is 29.8 Å². The molecule has 116 valence electrons. The normalized spacial score (nSPS) is 19.0. The molecule has 6 heteroatoms. The van der Waals surface area contributed by atoms with Crippen LogP contribution in [0.25, 0.3) is 0 Å². The molecule has 0 aromatic heterocycles. The Kier molecular flexibility index (Phi) is 5.55. The third kappa shape index (κ3) is 4.42. The standard InChI is InChI=1S/C15H24N4O2/c1-18(2)13-6-7-19(11-13)8-9-21-14-5-3-4-12(10-14)15(20)17-16/h3-5,10,13H,6-9,11,16H2,1-2H3,(H,17,20). The molecule has 3 N–H and O–H groups in total. The maximum absolute atomic E-state index is 11.4. The maximum atomic E-state index is 11.4. The van der Waals surface area contributed by atoms with Gasteiger partial charge < -0.3 is 9.64 Å². The highest BCUT2D eigenvalue weighted by atomic mass is 16.5. The van der Waals surface area contributed by atoms with Gasteiger partial charge in [0.1, 0.15) is 12.4 Å². The van der Waals surface area contributed by atoms with E-state index in [9.17, 15) is 4.79 Å². The molecule has 1 aliphatic heterocycles. The summed E-state index contributed by atoms with van der Waals surface area (Å²) in [5.41, 5.74) is 2.62. The summed E-state index contributed by atoms with van der Waals surface area (Å²) in [5.74, 6) is 5.51.